The molecule has 0 fully saturated rings. The molecule has 0 bridgehead atoms. The van der Waals surface area contributed by atoms with Crippen LogP contribution >= 0.6 is 0 Å². The van der Waals surface area contributed by atoms with Gasteiger partial charge in [0.1, 0.15) is 12.1 Å². The summed E-state index contributed by atoms with van der Waals surface area (Å²) in [6.45, 7) is 3.98. The lowest BCUT2D eigenvalue weighted by atomic mass is 10.2. The number of ether oxygens (including phenoxy) is 1. The zero-order valence-electron chi connectivity index (χ0n) is 9.84. The van der Waals surface area contributed by atoms with Crippen LogP contribution in [0, 0.1) is 6.92 Å². The van der Waals surface area contributed by atoms with Crippen molar-refractivity contribution in [3.63, 3.8) is 0 Å². The van der Waals surface area contributed by atoms with E-state index in [0.29, 0.717) is 17.4 Å². The number of aromatic nitrogens is 3. The van der Waals surface area contributed by atoms with Crippen molar-refractivity contribution in [2.75, 3.05) is 5.73 Å². The van der Waals surface area contributed by atoms with Crippen LogP contribution in [0.1, 0.15) is 18.3 Å². The van der Waals surface area contributed by atoms with Crippen LogP contribution in [0.5, 0.6) is 11.6 Å². The van der Waals surface area contributed by atoms with E-state index in [2.05, 4.69) is 15.0 Å². The zero-order valence-corrected chi connectivity index (χ0v) is 9.84. The van der Waals surface area contributed by atoms with E-state index in [-0.39, 0.29) is 0 Å². The molecule has 88 valence electrons. The fourth-order valence-corrected chi connectivity index (χ4v) is 1.47. The van der Waals surface area contributed by atoms with Crippen LogP contribution < -0.4 is 10.5 Å². The highest BCUT2D eigenvalue weighted by molar-refractivity contribution is 5.36. The van der Waals surface area contributed by atoms with E-state index in [1.165, 1.54) is 6.33 Å². The van der Waals surface area contributed by atoms with Crippen molar-refractivity contribution < 1.29 is 4.74 Å². The lowest BCUT2D eigenvalue weighted by Crippen LogP contribution is -1.98. The number of pyridine rings is 1. The van der Waals surface area contributed by atoms with Crippen molar-refractivity contribution >= 4 is 5.82 Å². The summed E-state index contributed by atoms with van der Waals surface area (Å²) in [5.41, 5.74) is 7.43. The highest BCUT2D eigenvalue weighted by Gasteiger charge is 2.06. The number of anilines is 1. The molecule has 2 rings (SSSR count). The Bertz CT molecular complexity index is 528. The van der Waals surface area contributed by atoms with Crippen molar-refractivity contribution in [2.24, 2.45) is 0 Å². The summed E-state index contributed by atoms with van der Waals surface area (Å²) in [5.74, 6) is 1.52. The lowest BCUT2D eigenvalue weighted by molar-refractivity contribution is 0.453. The van der Waals surface area contributed by atoms with Gasteiger partial charge in [0.25, 0.3) is 0 Å². The van der Waals surface area contributed by atoms with Crippen LogP contribution in [-0.4, -0.2) is 15.0 Å². The van der Waals surface area contributed by atoms with E-state index in [1.54, 1.807) is 6.07 Å². The van der Waals surface area contributed by atoms with Gasteiger partial charge in [0, 0.05) is 11.8 Å². The number of hydrogen-bond donors (Lipinski definition) is 1. The van der Waals surface area contributed by atoms with E-state index in [1.807, 2.05) is 26.0 Å². The van der Waals surface area contributed by atoms with Gasteiger partial charge < -0.3 is 10.5 Å². The van der Waals surface area contributed by atoms with Gasteiger partial charge in [0.15, 0.2) is 5.75 Å². The first kappa shape index (κ1) is 11.3. The molecule has 0 saturated heterocycles. The normalized spacial score (nSPS) is 10.2. The summed E-state index contributed by atoms with van der Waals surface area (Å²) in [6.07, 6.45) is 2.18. The van der Waals surface area contributed by atoms with Crippen LogP contribution in [0.2, 0.25) is 0 Å². The summed E-state index contributed by atoms with van der Waals surface area (Å²) in [4.78, 5) is 12.2. The van der Waals surface area contributed by atoms with Gasteiger partial charge in [-0.1, -0.05) is 6.92 Å². The molecule has 0 aliphatic carbocycles. The number of nitrogens with two attached hydrogens (primary N) is 1. The van der Waals surface area contributed by atoms with Crippen molar-refractivity contribution in [2.45, 2.75) is 20.3 Å². The minimum absolute atomic E-state index is 0.383. The molecule has 0 radical (unpaired) electrons. The summed E-state index contributed by atoms with van der Waals surface area (Å²) < 4.78 is 5.64. The van der Waals surface area contributed by atoms with Gasteiger partial charge in [0.05, 0.1) is 5.69 Å². The molecule has 0 aliphatic heterocycles. The number of nitrogens with zero attached hydrogens (tertiary/aromatic N) is 3. The molecule has 0 spiro atoms. The summed E-state index contributed by atoms with van der Waals surface area (Å²) >= 11 is 0. The number of hydrogen-bond acceptors (Lipinski definition) is 5. The minimum atomic E-state index is 0.383. The maximum absolute atomic E-state index is 5.64. The van der Waals surface area contributed by atoms with Gasteiger partial charge in [-0.25, -0.2) is 9.97 Å². The Hall–Kier alpha value is -2.17. The van der Waals surface area contributed by atoms with Crippen molar-refractivity contribution in [1.82, 2.24) is 15.0 Å². The van der Waals surface area contributed by atoms with E-state index in [0.717, 1.165) is 17.8 Å². The second-order valence-electron chi connectivity index (χ2n) is 3.63. The third kappa shape index (κ3) is 2.69. The SMILES string of the molecule is CCc1nc(C)ccc1Oc1cc(N)ncn1. The predicted octanol–water partition coefficient (Wildman–Crippen LogP) is 2.12. The average molecular weight is 230 g/mol. The van der Waals surface area contributed by atoms with Gasteiger partial charge in [-0.05, 0) is 25.5 Å². The third-order valence-electron chi connectivity index (χ3n) is 2.28. The number of rotatable bonds is 3. The van der Waals surface area contributed by atoms with Crippen LogP contribution in [0.4, 0.5) is 5.82 Å². The highest BCUT2D eigenvalue weighted by atomic mass is 16.5. The maximum Gasteiger partial charge on any atom is 0.224 e. The molecule has 0 atom stereocenters. The standard InChI is InChI=1S/C12H14N4O/c1-3-9-10(5-4-8(2)16-9)17-12-6-11(13)14-7-15-12/h4-7H,3H2,1-2H3,(H2,13,14,15). The molecule has 0 saturated carbocycles. The fraction of sp³-hybridized carbons (Fsp3) is 0.250. The van der Waals surface area contributed by atoms with Crippen LogP contribution in [-0.2, 0) is 6.42 Å². The Morgan fingerprint density at radius 2 is 2.12 bits per heavy atom. The van der Waals surface area contributed by atoms with Gasteiger partial charge in [-0.2, -0.15) is 0 Å². The van der Waals surface area contributed by atoms with Gasteiger partial charge in [-0.3, -0.25) is 4.98 Å². The summed E-state index contributed by atoms with van der Waals surface area (Å²) in [7, 11) is 0. The Morgan fingerprint density at radius 1 is 1.29 bits per heavy atom. The van der Waals surface area contributed by atoms with E-state index in [9.17, 15) is 0 Å². The van der Waals surface area contributed by atoms with Crippen LogP contribution in [0.25, 0.3) is 0 Å². The molecular formula is C12H14N4O. The quantitative estimate of drug-likeness (QED) is 0.874. The largest absolute Gasteiger partial charge is 0.437 e. The molecular weight excluding hydrogens is 216 g/mol. The molecule has 2 aromatic rings. The van der Waals surface area contributed by atoms with E-state index < -0.39 is 0 Å². The molecule has 0 amide bonds. The van der Waals surface area contributed by atoms with Gasteiger partial charge >= 0.3 is 0 Å². The Labute approximate surface area is 99.7 Å². The van der Waals surface area contributed by atoms with E-state index in [4.69, 9.17) is 10.5 Å². The molecule has 5 nitrogen and oxygen atoms in total. The zero-order chi connectivity index (χ0) is 12.3. The average Bonchev–Trinajstić information content (AvgIpc) is 2.31. The Kier molecular flexibility index (Phi) is 3.18. The van der Waals surface area contributed by atoms with Crippen LogP contribution in [0.15, 0.2) is 24.5 Å². The lowest BCUT2D eigenvalue weighted by Gasteiger charge is -2.09. The fourth-order valence-electron chi connectivity index (χ4n) is 1.47. The topological polar surface area (TPSA) is 73.9 Å². The molecule has 0 aromatic carbocycles. The van der Waals surface area contributed by atoms with E-state index >= 15 is 0 Å². The maximum atomic E-state index is 5.64. The Balaban J connectivity index is 2.29. The van der Waals surface area contributed by atoms with Gasteiger partial charge in [0.2, 0.25) is 5.88 Å². The summed E-state index contributed by atoms with van der Waals surface area (Å²) in [6, 6.07) is 5.37. The van der Waals surface area contributed by atoms with Crippen molar-refractivity contribution in [3.05, 3.63) is 35.9 Å². The highest BCUT2D eigenvalue weighted by Crippen LogP contribution is 2.23. The number of aryl methyl sites for hydroxylation is 2. The first-order valence-electron chi connectivity index (χ1n) is 5.41. The minimum Gasteiger partial charge on any atom is -0.437 e. The Morgan fingerprint density at radius 3 is 2.82 bits per heavy atom. The molecule has 2 heterocycles. The number of nitrogen functional groups attached to an aromatic ring is 1. The van der Waals surface area contributed by atoms with Crippen molar-refractivity contribution in [1.29, 1.82) is 0 Å². The molecule has 0 unspecified atom stereocenters. The van der Waals surface area contributed by atoms with Crippen molar-refractivity contribution in [3.8, 4) is 11.6 Å². The molecule has 2 N–H and O–H groups in total. The molecule has 0 aliphatic rings. The first-order chi connectivity index (χ1) is 8.19. The third-order valence-corrected chi connectivity index (χ3v) is 2.28. The van der Waals surface area contributed by atoms with Gasteiger partial charge in [-0.15, -0.1) is 0 Å². The molecule has 5 heteroatoms. The first-order valence-corrected chi connectivity index (χ1v) is 5.41. The summed E-state index contributed by atoms with van der Waals surface area (Å²) in [5, 5.41) is 0. The molecule has 17 heavy (non-hydrogen) atoms. The smallest absolute Gasteiger partial charge is 0.224 e. The monoisotopic (exact) mass is 230 g/mol. The molecule has 2 aromatic heterocycles. The second kappa shape index (κ2) is 4.78. The van der Waals surface area contributed by atoms with Crippen LogP contribution in [0.3, 0.4) is 0 Å². The predicted molar refractivity (Wildman–Crippen MR) is 64.9 cm³/mol. The second-order valence-corrected chi connectivity index (χ2v) is 3.63.